The van der Waals surface area contributed by atoms with Gasteiger partial charge in [0.1, 0.15) is 0 Å². The second kappa shape index (κ2) is 4.80. The molecule has 0 aliphatic carbocycles. The number of amidine groups is 1. The predicted molar refractivity (Wildman–Crippen MR) is 73.3 cm³/mol. The summed E-state index contributed by atoms with van der Waals surface area (Å²) in [5.41, 5.74) is 0.284. The second-order valence-corrected chi connectivity index (χ2v) is 8.92. The first kappa shape index (κ1) is 13.2. The molecule has 0 aromatic rings. The van der Waals surface area contributed by atoms with Crippen molar-refractivity contribution in [3.8, 4) is 0 Å². The molecule has 1 unspecified atom stereocenters. The van der Waals surface area contributed by atoms with Gasteiger partial charge in [-0.25, -0.2) is 8.42 Å². The third-order valence-electron chi connectivity index (χ3n) is 3.12. The van der Waals surface area contributed by atoms with Crippen LogP contribution in [0.2, 0.25) is 0 Å². The molecule has 1 fully saturated rings. The van der Waals surface area contributed by atoms with Crippen LogP contribution < -0.4 is 5.32 Å². The first-order chi connectivity index (χ1) is 7.86. The predicted octanol–water partition coefficient (Wildman–Crippen LogP) is 1.14. The van der Waals surface area contributed by atoms with Crippen molar-refractivity contribution in [2.45, 2.75) is 20.3 Å². The van der Waals surface area contributed by atoms with Crippen LogP contribution in [0, 0.1) is 11.3 Å². The third-order valence-corrected chi connectivity index (χ3v) is 6.43. The molecule has 1 atom stereocenters. The maximum absolute atomic E-state index is 11.3. The zero-order valence-electron chi connectivity index (χ0n) is 10.4. The van der Waals surface area contributed by atoms with Gasteiger partial charge in [0.05, 0.1) is 11.5 Å². The Morgan fingerprint density at radius 2 is 2.29 bits per heavy atom. The van der Waals surface area contributed by atoms with E-state index in [1.165, 1.54) is 0 Å². The normalized spacial score (nSPS) is 30.9. The highest BCUT2D eigenvalue weighted by atomic mass is 32.2. The summed E-state index contributed by atoms with van der Waals surface area (Å²) < 4.78 is 22.6. The Kier molecular flexibility index (Phi) is 3.73. The van der Waals surface area contributed by atoms with Crippen LogP contribution in [0.5, 0.6) is 0 Å². The van der Waals surface area contributed by atoms with Gasteiger partial charge < -0.3 is 5.32 Å². The van der Waals surface area contributed by atoms with E-state index >= 15 is 0 Å². The Hall–Kier alpha value is -0.230. The SMILES string of the molecule is CC1(C)CN=C(NCC2CCS(=O)(=O)C2)SC1. The lowest BCUT2D eigenvalue weighted by Crippen LogP contribution is -2.34. The lowest BCUT2D eigenvalue weighted by Gasteiger charge is -2.27. The van der Waals surface area contributed by atoms with Gasteiger partial charge in [-0.3, -0.25) is 4.99 Å². The summed E-state index contributed by atoms with van der Waals surface area (Å²) in [6.45, 7) is 6.02. The molecule has 2 aliphatic heterocycles. The topological polar surface area (TPSA) is 58.5 Å². The molecule has 0 radical (unpaired) electrons. The van der Waals surface area contributed by atoms with Crippen LogP contribution in [-0.2, 0) is 9.84 Å². The van der Waals surface area contributed by atoms with Crippen LogP contribution in [0.4, 0.5) is 0 Å². The molecule has 6 heteroatoms. The Labute approximate surface area is 108 Å². The summed E-state index contributed by atoms with van der Waals surface area (Å²) in [6, 6.07) is 0. The Bertz CT molecular complexity index is 415. The summed E-state index contributed by atoms with van der Waals surface area (Å²) in [6.07, 6.45) is 0.790. The number of nitrogens with zero attached hydrogens (tertiary/aromatic N) is 1. The lowest BCUT2D eigenvalue weighted by molar-refractivity contribution is 0.436. The quantitative estimate of drug-likeness (QED) is 0.821. The molecule has 0 aromatic carbocycles. The zero-order chi connectivity index (χ0) is 12.5. The van der Waals surface area contributed by atoms with Crippen molar-refractivity contribution in [1.29, 1.82) is 0 Å². The highest BCUT2D eigenvalue weighted by Gasteiger charge is 2.28. The van der Waals surface area contributed by atoms with E-state index in [1.807, 2.05) is 0 Å². The summed E-state index contributed by atoms with van der Waals surface area (Å²) in [4.78, 5) is 4.50. The highest BCUT2D eigenvalue weighted by Crippen LogP contribution is 2.27. The molecule has 4 nitrogen and oxygen atoms in total. The van der Waals surface area contributed by atoms with Gasteiger partial charge >= 0.3 is 0 Å². The van der Waals surface area contributed by atoms with E-state index in [1.54, 1.807) is 11.8 Å². The Morgan fingerprint density at radius 1 is 1.53 bits per heavy atom. The second-order valence-electron chi connectivity index (χ2n) is 5.72. The van der Waals surface area contributed by atoms with E-state index in [-0.39, 0.29) is 11.3 Å². The fourth-order valence-corrected chi connectivity index (χ4v) is 4.83. The van der Waals surface area contributed by atoms with Crippen molar-refractivity contribution < 1.29 is 8.42 Å². The van der Waals surface area contributed by atoms with E-state index in [4.69, 9.17) is 0 Å². The minimum Gasteiger partial charge on any atom is -0.365 e. The van der Waals surface area contributed by atoms with Crippen molar-refractivity contribution in [2.75, 3.05) is 30.3 Å². The molecule has 0 bridgehead atoms. The van der Waals surface area contributed by atoms with Gasteiger partial charge in [-0.2, -0.15) is 0 Å². The van der Waals surface area contributed by atoms with E-state index in [2.05, 4.69) is 24.2 Å². The number of nitrogens with one attached hydrogen (secondary N) is 1. The summed E-state index contributed by atoms with van der Waals surface area (Å²) in [7, 11) is -2.75. The largest absolute Gasteiger partial charge is 0.365 e. The van der Waals surface area contributed by atoms with Gasteiger partial charge in [0.2, 0.25) is 0 Å². The monoisotopic (exact) mass is 276 g/mol. The van der Waals surface area contributed by atoms with Crippen molar-refractivity contribution in [2.24, 2.45) is 16.3 Å². The molecule has 0 amide bonds. The number of sulfone groups is 1. The average Bonchev–Trinajstić information content (AvgIpc) is 2.57. The van der Waals surface area contributed by atoms with E-state index in [9.17, 15) is 8.42 Å². The molecule has 0 saturated carbocycles. The first-order valence-corrected chi connectivity index (χ1v) is 8.79. The maximum atomic E-state index is 11.3. The van der Waals surface area contributed by atoms with E-state index in [0.717, 1.165) is 30.4 Å². The van der Waals surface area contributed by atoms with Crippen molar-refractivity contribution in [1.82, 2.24) is 5.32 Å². The lowest BCUT2D eigenvalue weighted by atomic mass is 9.97. The molecule has 1 saturated heterocycles. The van der Waals surface area contributed by atoms with Crippen molar-refractivity contribution in [3.63, 3.8) is 0 Å². The smallest absolute Gasteiger partial charge is 0.156 e. The van der Waals surface area contributed by atoms with Crippen LogP contribution in [0.25, 0.3) is 0 Å². The van der Waals surface area contributed by atoms with Gasteiger partial charge in [-0.05, 0) is 17.8 Å². The van der Waals surface area contributed by atoms with Crippen LogP contribution >= 0.6 is 11.8 Å². The molecular formula is C11H20N2O2S2. The minimum absolute atomic E-state index is 0.262. The molecule has 98 valence electrons. The fourth-order valence-electron chi connectivity index (χ4n) is 2.01. The van der Waals surface area contributed by atoms with Crippen LogP contribution in [0.3, 0.4) is 0 Å². The molecule has 0 aromatic heterocycles. The summed E-state index contributed by atoms with van der Waals surface area (Å²) in [5.74, 6) is 2.02. The number of rotatable bonds is 2. The highest BCUT2D eigenvalue weighted by molar-refractivity contribution is 8.13. The molecule has 1 N–H and O–H groups in total. The number of thioether (sulfide) groups is 1. The van der Waals surface area contributed by atoms with Gasteiger partial charge in [-0.1, -0.05) is 25.6 Å². The van der Waals surface area contributed by atoms with E-state index in [0.29, 0.717) is 11.5 Å². The number of hydrogen-bond donors (Lipinski definition) is 1. The molecule has 2 rings (SSSR count). The number of aliphatic imine (C=N–C) groups is 1. The first-order valence-electron chi connectivity index (χ1n) is 5.98. The van der Waals surface area contributed by atoms with Crippen LogP contribution in [0.1, 0.15) is 20.3 Å². The Morgan fingerprint density at radius 3 is 2.82 bits per heavy atom. The standard InChI is InChI=1S/C11H20N2O2S2/c1-11(2)7-13-10(16-8-11)12-5-9-3-4-17(14,15)6-9/h9H,3-8H2,1-2H3,(H,12,13). The van der Waals surface area contributed by atoms with Gasteiger partial charge in [0.15, 0.2) is 15.0 Å². The summed E-state index contributed by atoms with van der Waals surface area (Å²) >= 11 is 1.74. The zero-order valence-corrected chi connectivity index (χ0v) is 12.0. The molecule has 17 heavy (non-hydrogen) atoms. The third kappa shape index (κ3) is 3.88. The minimum atomic E-state index is -2.75. The average molecular weight is 276 g/mol. The van der Waals surface area contributed by atoms with Gasteiger partial charge in [0.25, 0.3) is 0 Å². The van der Waals surface area contributed by atoms with Crippen molar-refractivity contribution >= 4 is 26.8 Å². The molecule has 2 heterocycles. The van der Waals surface area contributed by atoms with Gasteiger partial charge in [0, 0.05) is 18.8 Å². The maximum Gasteiger partial charge on any atom is 0.156 e. The van der Waals surface area contributed by atoms with Gasteiger partial charge in [-0.15, -0.1) is 0 Å². The fraction of sp³-hybridized carbons (Fsp3) is 0.909. The molecule has 0 spiro atoms. The van der Waals surface area contributed by atoms with Crippen LogP contribution in [-0.4, -0.2) is 43.9 Å². The molecule has 2 aliphatic rings. The Balaban J connectivity index is 1.79. The van der Waals surface area contributed by atoms with Crippen molar-refractivity contribution in [3.05, 3.63) is 0 Å². The van der Waals surface area contributed by atoms with E-state index < -0.39 is 9.84 Å². The van der Waals surface area contributed by atoms with Crippen LogP contribution in [0.15, 0.2) is 4.99 Å². The number of hydrogen-bond acceptors (Lipinski definition) is 5. The molecular weight excluding hydrogens is 256 g/mol. The summed E-state index contributed by atoms with van der Waals surface area (Å²) in [5, 5.41) is 4.27.